The number of para-hydroxylation sites is 1. The third-order valence-corrected chi connectivity index (χ3v) is 2.80. The summed E-state index contributed by atoms with van der Waals surface area (Å²) in [6, 6.07) is 7.73. The smallest absolute Gasteiger partial charge is 0.143 e. The summed E-state index contributed by atoms with van der Waals surface area (Å²) in [5, 5.41) is 3.24. The van der Waals surface area contributed by atoms with E-state index in [9.17, 15) is 4.79 Å². The maximum atomic E-state index is 11.8. The number of carbonyl (C=O) groups is 1. The SMILES string of the molecule is COc1ccccc1C1CNCCC1=O. The van der Waals surface area contributed by atoms with Crippen molar-refractivity contribution in [2.45, 2.75) is 12.3 Å². The van der Waals surface area contributed by atoms with E-state index in [0.29, 0.717) is 12.2 Å². The first kappa shape index (κ1) is 10.2. The zero-order valence-corrected chi connectivity index (χ0v) is 8.82. The number of hydrogen-bond acceptors (Lipinski definition) is 3. The lowest BCUT2D eigenvalue weighted by atomic mass is 9.90. The van der Waals surface area contributed by atoms with Gasteiger partial charge in [0.15, 0.2) is 0 Å². The van der Waals surface area contributed by atoms with Crippen molar-refractivity contribution in [1.29, 1.82) is 0 Å². The summed E-state index contributed by atoms with van der Waals surface area (Å²) in [5.41, 5.74) is 0.997. The average molecular weight is 205 g/mol. The first-order valence-corrected chi connectivity index (χ1v) is 5.19. The zero-order valence-electron chi connectivity index (χ0n) is 8.82. The lowest BCUT2D eigenvalue weighted by Crippen LogP contribution is -2.35. The fourth-order valence-electron chi connectivity index (χ4n) is 1.98. The van der Waals surface area contributed by atoms with Crippen molar-refractivity contribution in [2.24, 2.45) is 0 Å². The summed E-state index contributed by atoms with van der Waals surface area (Å²) in [4.78, 5) is 11.8. The molecular weight excluding hydrogens is 190 g/mol. The van der Waals surface area contributed by atoms with Crippen molar-refractivity contribution in [3.63, 3.8) is 0 Å². The van der Waals surface area contributed by atoms with Gasteiger partial charge in [0.05, 0.1) is 13.0 Å². The summed E-state index contributed by atoms with van der Waals surface area (Å²) >= 11 is 0. The van der Waals surface area contributed by atoms with Gasteiger partial charge in [-0.2, -0.15) is 0 Å². The summed E-state index contributed by atoms with van der Waals surface area (Å²) in [5.74, 6) is 1.06. The molecule has 1 fully saturated rings. The Kier molecular flexibility index (Phi) is 3.02. The van der Waals surface area contributed by atoms with Crippen LogP contribution < -0.4 is 10.1 Å². The van der Waals surface area contributed by atoms with Crippen LogP contribution in [-0.4, -0.2) is 26.0 Å². The summed E-state index contributed by atoms with van der Waals surface area (Å²) in [6.45, 7) is 1.52. The van der Waals surface area contributed by atoms with Crippen LogP contribution in [0.5, 0.6) is 5.75 Å². The second-order valence-corrected chi connectivity index (χ2v) is 3.71. The largest absolute Gasteiger partial charge is 0.496 e. The molecule has 2 rings (SSSR count). The maximum Gasteiger partial charge on any atom is 0.143 e. The molecule has 0 radical (unpaired) electrons. The van der Waals surface area contributed by atoms with Gasteiger partial charge in [-0.1, -0.05) is 18.2 Å². The number of piperidine rings is 1. The second-order valence-electron chi connectivity index (χ2n) is 3.71. The van der Waals surface area contributed by atoms with E-state index in [4.69, 9.17) is 4.74 Å². The van der Waals surface area contributed by atoms with Crippen LogP contribution in [0.25, 0.3) is 0 Å². The molecule has 0 saturated carbocycles. The zero-order chi connectivity index (χ0) is 10.7. The molecule has 1 heterocycles. The number of carbonyl (C=O) groups excluding carboxylic acids is 1. The Morgan fingerprint density at radius 1 is 1.40 bits per heavy atom. The van der Waals surface area contributed by atoms with Crippen LogP contribution in [0.2, 0.25) is 0 Å². The minimum atomic E-state index is -0.0464. The number of ether oxygens (including phenoxy) is 1. The van der Waals surface area contributed by atoms with Gasteiger partial charge in [0.2, 0.25) is 0 Å². The van der Waals surface area contributed by atoms with Gasteiger partial charge >= 0.3 is 0 Å². The number of benzene rings is 1. The van der Waals surface area contributed by atoms with Gasteiger partial charge in [-0.3, -0.25) is 4.79 Å². The minimum absolute atomic E-state index is 0.0464. The molecule has 3 nitrogen and oxygen atoms in total. The first-order valence-electron chi connectivity index (χ1n) is 5.19. The third-order valence-electron chi connectivity index (χ3n) is 2.80. The third kappa shape index (κ3) is 2.02. The van der Waals surface area contributed by atoms with Crippen molar-refractivity contribution in [2.75, 3.05) is 20.2 Å². The van der Waals surface area contributed by atoms with Crippen molar-refractivity contribution in [3.8, 4) is 5.75 Å². The number of rotatable bonds is 2. The molecule has 1 aliphatic rings. The Balaban J connectivity index is 2.30. The highest BCUT2D eigenvalue weighted by atomic mass is 16.5. The highest BCUT2D eigenvalue weighted by Gasteiger charge is 2.25. The van der Waals surface area contributed by atoms with Crippen molar-refractivity contribution in [3.05, 3.63) is 29.8 Å². The molecule has 1 aromatic rings. The molecule has 0 aliphatic carbocycles. The van der Waals surface area contributed by atoms with Gasteiger partial charge in [-0.15, -0.1) is 0 Å². The molecule has 1 aliphatic heterocycles. The number of hydrogen-bond donors (Lipinski definition) is 1. The number of ketones is 1. The molecule has 0 spiro atoms. The topological polar surface area (TPSA) is 38.3 Å². The molecular formula is C12H15NO2. The predicted molar refractivity (Wildman–Crippen MR) is 58.2 cm³/mol. The fourth-order valence-corrected chi connectivity index (χ4v) is 1.98. The van der Waals surface area contributed by atoms with E-state index < -0.39 is 0 Å². The van der Waals surface area contributed by atoms with Gasteiger partial charge < -0.3 is 10.1 Å². The van der Waals surface area contributed by atoms with E-state index in [1.165, 1.54) is 0 Å². The molecule has 1 N–H and O–H groups in total. The number of methoxy groups -OCH3 is 1. The Morgan fingerprint density at radius 2 is 2.20 bits per heavy atom. The van der Waals surface area contributed by atoms with E-state index in [1.54, 1.807) is 7.11 Å². The lowest BCUT2D eigenvalue weighted by molar-refractivity contribution is -0.121. The Morgan fingerprint density at radius 3 is 2.93 bits per heavy atom. The van der Waals surface area contributed by atoms with Crippen molar-refractivity contribution < 1.29 is 9.53 Å². The first-order chi connectivity index (χ1) is 7.33. The van der Waals surface area contributed by atoms with E-state index in [0.717, 1.165) is 24.4 Å². The van der Waals surface area contributed by atoms with Crippen LogP contribution in [0.1, 0.15) is 17.9 Å². The van der Waals surface area contributed by atoms with Gasteiger partial charge in [-0.25, -0.2) is 0 Å². The van der Waals surface area contributed by atoms with Gasteiger partial charge in [0.25, 0.3) is 0 Å². The molecule has 0 amide bonds. The summed E-state index contributed by atoms with van der Waals surface area (Å²) in [7, 11) is 1.64. The number of Topliss-reactive ketones (excluding diaryl/α,β-unsaturated/α-hetero) is 1. The van der Waals surface area contributed by atoms with Crippen LogP contribution in [0.15, 0.2) is 24.3 Å². The molecule has 1 aromatic carbocycles. The van der Waals surface area contributed by atoms with Crippen LogP contribution in [0.3, 0.4) is 0 Å². The lowest BCUT2D eigenvalue weighted by Gasteiger charge is -2.23. The van der Waals surface area contributed by atoms with Gasteiger partial charge in [0.1, 0.15) is 11.5 Å². The molecule has 1 saturated heterocycles. The van der Waals surface area contributed by atoms with Crippen LogP contribution in [-0.2, 0) is 4.79 Å². The normalized spacial score (nSPS) is 21.4. The maximum absolute atomic E-state index is 11.8. The molecule has 1 unspecified atom stereocenters. The van der Waals surface area contributed by atoms with E-state index in [1.807, 2.05) is 24.3 Å². The predicted octanol–water partition coefficient (Wildman–Crippen LogP) is 1.34. The second kappa shape index (κ2) is 4.45. The van der Waals surface area contributed by atoms with Crippen LogP contribution in [0.4, 0.5) is 0 Å². The van der Waals surface area contributed by atoms with Crippen LogP contribution >= 0.6 is 0 Å². The monoisotopic (exact) mass is 205 g/mol. The molecule has 0 aromatic heterocycles. The quantitative estimate of drug-likeness (QED) is 0.791. The average Bonchev–Trinajstić information content (AvgIpc) is 2.30. The van der Waals surface area contributed by atoms with Crippen molar-refractivity contribution >= 4 is 5.78 Å². The van der Waals surface area contributed by atoms with E-state index in [2.05, 4.69) is 5.32 Å². The summed E-state index contributed by atoms with van der Waals surface area (Å²) in [6.07, 6.45) is 0.614. The molecule has 0 bridgehead atoms. The highest BCUT2D eigenvalue weighted by molar-refractivity contribution is 5.87. The van der Waals surface area contributed by atoms with Crippen LogP contribution in [0, 0.1) is 0 Å². The fraction of sp³-hybridized carbons (Fsp3) is 0.417. The van der Waals surface area contributed by atoms with Gasteiger partial charge in [-0.05, 0) is 6.07 Å². The standard InChI is InChI=1S/C12H15NO2/c1-15-12-5-3-2-4-9(12)10-8-13-7-6-11(10)14/h2-5,10,13H,6-8H2,1H3. The number of nitrogens with one attached hydrogen (secondary N) is 1. The minimum Gasteiger partial charge on any atom is -0.496 e. The van der Waals surface area contributed by atoms with E-state index in [-0.39, 0.29) is 5.92 Å². The van der Waals surface area contributed by atoms with E-state index >= 15 is 0 Å². The van der Waals surface area contributed by atoms with Gasteiger partial charge in [0, 0.05) is 25.1 Å². The highest BCUT2D eigenvalue weighted by Crippen LogP contribution is 2.28. The molecule has 80 valence electrons. The Hall–Kier alpha value is -1.35. The summed E-state index contributed by atoms with van der Waals surface area (Å²) < 4.78 is 5.27. The molecule has 1 atom stereocenters. The molecule has 3 heteroatoms. The Bertz CT molecular complexity index is 362. The molecule has 15 heavy (non-hydrogen) atoms. The van der Waals surface area contributed by atoms with Crippen molar-refractivity contribution in [1.82, 2.24) is 5.32 Å². The Labute approximate surface area is 89.4 Å².